The molecule has 2 rings (SSSR count). The van der Waals surface area contributed by atoms with Gasteiger partial charge in [-0.05, 0) is 24.6 Å². The minimum atomic E-state index is -0.328. The molecule has 2 amide bonds. The number of benzene rings is 1. The molecule has 6 nitrogen and oxygen atoms in total. The number of carbonyl (C=O) groups excluding carboxylic acids is 1. The summed E-state index contributed by atoms with van der Waals surface area (Å²) in [6.07, 6.45) is 0. The SMILES string of the molecule is CC(N)c1ccc(NC(=O)NCc2csc(=O)[nH]2)cc1. The van der Waals surface area contributed by atoms with Gasteiger partial charge in [-0.25, -0.2) is 4.79 Å². The number of rotatable bonds is 4. The number of hydrogen-bond donors (Lipinski definition) is 4. The van der Waals surface area contributed by atoms with E-state index < -0.39 is 0 Å². The minimum Gasteiger partial charge on any atom is -0.332 e. The van der Waals surface area contributed by atoms with E-state index in [1.54, 1.807) is 17.5 Å². The van der Waals surface area contributed by atoms with Crippen molar-refractivity contribution < 1.29 is 4.79 Å². The van der Waals surface area contributed by atoms with Crippen molar-refractivity contribution in [2.24, 2.45) is 5.73 Å². The van der Waals surface area contributed by atoms with Crippen molar-refractivity contribution in [3.63, 3.8) is 0 Å². The predicted molar refractivity (Wildman–Crippen MR) is 79.8 cm³/mol. The summed E-state index contributed by atoms with van der Waals surface area (Å²) in [7, 11) is 0. The molecule has 0 spiro atoms. The molecule has 0 saturated heterocycles. The quantitative estimate of drug-likeness (QED) is 0.691. The van der Waals surface area contributed by atoms with E-state index in [4.69, 9.17) is 5.73 Å². The molecule has 1 unspecified atom stereocenters. The third kappa shape index (κ3) is 3.94. The maximum atomic E-state index is 11.7. The summed E-state index contributed by atoms with van der Waals surface area (Å²) in [5.41, 5.74) is 8.13. The summed E-state index contributed by atoms with van der Waals surface area (Å²) < 4.78 is 0. The fourth-order valence-electron chi connectivity index (χ4n) is 1.62. The molecule has 0 radical (unpaired) electrons. The van der Waals surface area contributed by atoms with Gasteiger partial charge in [-0.3, -0.25) is 4.79 Å². The molecule has 1 atom stereocenters. The molecular formula is C13H16N4O2S. The highest BCUT2D eigenvalue weighted by molar-refractivity contribution is 7.07. The first kappa shape index (κ1) is 14.3. The van der Waals surface area contributed by atoms with Gasteiger partial charge < -0.3 is 21.4 Å². The van der Waals surface area contributed by atoms with Crippen molar-refractivity contribution in [1.82, 2.24) is 10.3 Å². The molecule has 2 aromatic rings. The Kier molecular flexibility index (Phi) is 4.54. The van der Waals surface area contributed by atoms with E-state index in [1.807, 2.05) is 19.1 Å². The molecule has 1 heterocycles. The highest BCUT2D eigenvalue weighted by atomic mass is 32.1. The molecule has 0 saturated carbocycles. The zero-order chi connectivity index (χ0) is 14.5. The van der Waals surface area contributed by atoms with Crippen molar-refractivity contribution >= 4 is 23.1 Å². The summed E-state index contributed by atoms with van der Waals surface area (Å²) >= 11 is 1.07. The lowest BCUT2D eigenvalue weighted by atomic mass is 10.1. The molecule has 0 aliphatic rings. The summed E-state index contributed by atoms with van der Waals surface area (Å²) in [5, 5.41) is 7.05. The number of hydrogen-bond acceptors (Lipinski definition) is 4. The van der Waals surface area contributed by atoms with Crippen LogP contribution in [-0.2, 0) is 6.54 Å². The fourth-order valence-corrected chi connectivity index (χ4v) is 2.20. The van der Waals surface area contributed by atoms with E-state index in [0.29, 0.717) is 11.4 Å². The van der Waals surface area contributed by atoms with Crippen LogP contribution in [0.15, 0.2) is 34.4 Å². The minimum absolute atomic E-state index is 0.0340. The van der Waals surface area contributed by atoms with Crippen LogP contribution < -0.4 is 21.2 Å². The Morgan fingerprint density at radius 2 is 2.10 bits per heavy atom. The van der Waals surface area contributed by atoms with Crippen LogP contribution in [-0.4, -0.2) is 11.0 Å². The number of H-pyrrole nitrogens is 1. The molecule has 1 aromatic heterocycles. The standard InChI is InChI=1S/C13H16N4O2S/c1-8(14)9-2-4-10(5-3-9)16-12(18)15-6-11-7-20-13(19)17-11/h2-5,7-8H,6,14H2,1H3,(H,17,19)(H2,15,16,18). The largest absolute Gasteiger partial charge is 0.332 e. The van der Waals surface area contributed by atoms with Crippen LogP contribution in [0.2, 0.25) is 0 Å². The number of urea groups is 1. The van der Waals surface area contributed by atoms with E-state index in [2.05, 4.69) is 15.6 Å². The van der Waals surface area contributed by atoms with Crippen molar-refractivity contribution in [3.05, 3.63) is 50.6 Å². The molecule has 0 aliphatic carbocycles. The van der Waals surface area contributed by atoms with E-state index in [0.717, 1.165) is 16.9 Å². The Labute approximate surface area is 120 Å². The van der Waals surface area contributed by atoms with Crippen LogP contribution in [0.1, 0.15) is 24.2 Å². The number of carbonyl (C=O) groups is 1. The van der Waals surface area contributed by atoms with Gasteiger partial charge in [-0.1, -0.05) is 23.5 Å². The summed E-state index contributed by atoms with van der Waals surface area (Å²) in [6, 6.07) is 6.97. The number of thiazole rings is 1. The molecule has 0 fully saturated rings. The van der Waals surface area contributed by atoms with E-state index in [1.165, 1.54) is 0 Å². The summed E-state index contributed by atoms with van der Waals surface area (Å²) in [4.78, 5) is 25.1. The van der Waals surface area contributed by atoms with Crippen LogP contribution in [0, 0.1) is 0 Å². The molecule has 7 heteroatoms. The Morgan fingerprint density at radius 3 is 2.65 bits per heavy atom. The van der Waals surface area contributed by atoms with Gasteiger partial charge in [0.2, 0.25) is 0 Å². The van der Waals surface area contributed by atoms with Crippen molar-refractivity contribution in [2.45, 2.75) is 19.5 Å². The Balaban J connectivity index is 1.86. The van der Waals surface area contributed by atoms with Gasteiger partial charge in [0.05, 0.1) is 6.54 Å². The zero-order valence-electron chi connectivity index (χ0n) is 11.0. The van der Waals surface area contributed by atoms with Crippen LogP contribution >= 0.6 is 11.3 Å². The number of amides is 2. The Bertz CT molecular complexity index is 630. The first-order valence-electron chi connectivity index (χ1n) is 6.11. The number of aromatic nitrogens is 1. The topological polar surface area (TPSA) is 100 Å². The molecule has 1 aromatic carbocycles. The second-order valence-corrected chi connectivity index (χ2v) is 5.23. The van der Waals surface area contributed by atoms with Crippen molar-refractivity contribution in [3.8, 4) is 0 Å². The third-order valence-corrected chi connectivity index (χ3v) is 3.42. The maximum Gasteiger partial charge on any atom is 0.319 e. The maximum absolute atomic E-state index is 11.7. The third-order valence-electron chi connectivity index (χ3n) is 2.70. The lowest BCUT2D eigenvalue weighted by molar-refractivity contribution is 0.251. The Morgan fingerprint density at radius 1 is 1.40 bits per heavy atom. The smallest absolute Gasteiger partial charge is 0.319 e. The highest BCUT2D eigenvalue weighted by Gasteiger charge is 2.04. The van der Waals surface area contributed by atoms with Crippen LogP contribution in [0.25, 0.3) is 0 Å². The average molecular weight is 292 g/mol. The van der Waals surface area contributed by atoms with Crippen molar-refractivity contribution in [2.75, 3.05) is 5.32 Å². The summed E-state index contributed by atoms with van der Waals surface area (Å²) in [6.45, 7) is 2.18. The number of anilines is 1. The number of nitrogens with one attached hydrogen (secondary N) is 3. The van der Waals surface area contributed by atoms with Crippen molar-refractivity contribution in [1.29, 1.82) is 0 Å². The van der Waals surface area contributed by atoms with Gasteiger partial charge in [0.1, 0.15) is 0 Å². The predicted octanol–water partition coefficient (Wildman–Crippen LogP) is 1.78. The number of aromatic amines is 1. The molecular weight excluding hydrogens is 276 g/mol. The normalized spacial score (nSPS) is 11.9. The monoisotopic (exact) mass is 292 g/mol. The van der Waals surface area contributed by atoms with Crippen LogP contribution in [0.4, 0.5) is 10.5 Å². The van der Waals surface area contributed by atoms with E-state index in [9.17, 15) is 9.59 Å². The van der Waals surface area contributed by atoms with Gasteiger partial charge in [-0.15, -0.1) is 0 Å². The molecule has 0 aliphatic heterocycles. The first-order chi connectivity index (χ1) is 9.54. The molecule has 106 valence electrons. The fraction of sp³-hybridized carbons (Fsp3) is 0.231. The van der Waals surface area contributed by atoms with Gasteiger partial charge in [0, 0.05) is 22.8 Å². The summed E-state index contributed by atoms with van der Waals surface area (Å²) in [5.74, 6) is 0. The Hall–Kier alpha value is -2.12. The number of nitrogens with two attached hydrogens (primary N) is 1. The van der Waals surface area contributed by atoms with Crippen LogP contribution in [0.5, 0.6) is 0 Å². The van der Waals surface area contributed by atoms with Gasteiger partial charge in [-0.2, -0.15) is 0 Å². The van der Waals surface area contributed by atoms with Crippen LogP contribution in [0.3, 0.4) is 0 Å². The average Bonchev–Trinajstić information content (AvgIpc) is 2.83. The molecule has 0 bridgehead atoms. The van der Waals surface area contributed by atoms with Gasteiger partial charge in [0.25, 0.3) is 0 Å². The second-order valence-electron chi connectivity index (χ2n) is 4.39. The second kappa shape index (κ2) is 6.36. The van der Waals surface area contributed by atoms with Gasteiger partial charge in [0.15, 0.2) is 0 Å². The first-order valence-corrected chi connectivity index (χ1v) is 6.99. The van der Waals surface area contributed by atoms with E-state index >= 15 is 0 Å². The highest BCUT2D eigenvalue weighted by Crippen LogP contribution is 2.13. The van der Waals surface area contributed by atoms with Gasteiger partial charge >= 0.3 is 10.9 Å². The lowest BCUT2D eigenvalue weighted by Crippen LogP contribution is -2.28. The molecule has 5 N–H and O–H groups in total. The zero-order valence-corrected chi connectivity index (χ0v) is 11.8. The molecule has 20 heavy (non-hydrogen) atoms. The van der Waals surface area contributed by atoms with E-state index in [-0.39, 0.29) is 23.5 Å². The lowest BCUT2D eigenvalue weighted by Gasteiger charge is -2.09.